The van der Waals surface area contributed by atoms with E-state index in [2.05, 4.69) is 70.0 Å². The Kier molecular flexibility index (Phi) is 13.6. The fraction of sp³-hybridized carbons (Fsp3) is 0.295. The first-order chi connectivity index (χ1) is 26.3. The summed E-state index contributed by atoms with van der Waals surface area (Å²) in [4.78, 5) is 31.6. The molecule has 0 saturated carbocycles. The van der Waals surface area contributed by atoms with Crippen LogP contribution in [0.2, 0.25) is 0 Å². The first kappa shape index (κ1) is 38.3. The molecule has 1 fully saturated rings. The molecule has 0 aliphatic carbocycles. The molecule has 1 saturated heterocycles. The van der Waals surface area contributed by atoms with Crippen LogP contribution < -0.4 is 16.4 Å². The van der Waals surface area contributed by atoms with E-state index in [4.69, 9.17) is 15.2 Å². The van der Waals surface area contributed by atoms with Crippen LogP contribution in [0.4, 0.5) is 11.4 Å². The average Bonchev–Trinajstić information content (AvgIpc) is 3.20. The molecule has 0 spiro atoms. The molecular weight excluding hydrogens is 679 g/mol. The van der Waals surface area contributed by atoms with Crippen LogP contribution >= 0.6 is 0 Å². The minimum absolute atomic E-state index is 0.000879. The maximum atomic E-state index is 12.6. The van der Waals surface area contributed by atoms with Gasteiger partial charge in [0.15, 0.2) is 6.29 Å². The minimum atomic E-state index is -0.548. The number of aliphatic hydroxyl groups excluding tert-OH is 1. The number of nitrogens with zero attached hydrogens (tertiary/aromatic N) is 2. The van der Waals surface area contributed by atoms with Crippen molar-refractivity contribution in [2.75, 3.05) is 31.2 Å². The molecule has 0 unspecified atom stereocenters. The van der Waals surface area contributed by atoms with E-state index in [9.17, 15) is 14.7 Å². The van der Waals surface area contributed by atoms with E-state index in [1.54, 1.807) is 12.1 Å². The van der Waals surface area contributed by atoms with Crippen LogP contribution in [-0.2, 0) is 38.6 Å². The number of para-hydroxylation sites is 2. The number of pyridine rings is 1. The van der Waals surface area contributed by atoms with Gasteiger partial charge in [0.25, 0.3) is 0 Å². The lowest BCUT2D eigenvalue weighted by atomic mass is 9.99. The van der Waals surface area contributed by atoms with Crippen LogP contribution in [0.3, 0.4) is 0 Å². The number of aromatic nitrogens is 1. The number of rotatable bonds is 16. The van der Waals surface area contributed by atoms with Crippen molar-refractivity contribution in [2.45, 2.75) is 63.8 Å². The predicted molar refractivity (Wildman–Crippen MR) is 211 cm³/mol. The molecule has 10 nitrogen and oxygen atoms in total. The highest BCUT2D eigenvalue weighted by atomic mass is 16.7. The molecule has 2 amide bonds. The molecule has 5 N–H and O–H groups in total. The summed E-state index contributed by atoms with van der Waals surface area (Å²) >= 11 is 0. The maximum Gasteiger partial charge on any atom is 0.224 e. The van der Waals surface area contributed by atoms with E-state index in [0.29, 0.717) is 30.8 Å². The van der Waals surface area contributed by atoms with Crippen molar-refractivity contribution in [3.8, 4) is 11.1 Å². The Morgan fingerprint density at radius 3 is 2.35 bits per heavy atom. The Morgan fingerprint density at radius 1 is 0.833 bits per heavy atom. The van der Waals surface area contributed by atoms with Gasteiger partial charge < -0.3 is 35.8 Å². The van der Waals surface area contributed by atoms with Crippen LogP contribution in [0.15, 0.2) is 121 Å². The molecule has 1 aliphatic rings. The second kappa shape index (κ2) is 19.1. The highest BCUT2D eigenvalue weighted by Gasteiger charge is 2.32. The number of aliphatic hydroxyl groups is 1. The van der Waals surface area contributed by atoms with Gasteiger partial charge in [-0.3, -0.25) is 14.6 Å². The van der Waals surface area contributed by atoms with Gasteiger partial charge in [0.2, 0.25) is 11.8 Å². The third-order valence-electron chi connectivity index (χ3n) is 9.58. The number of carbonyl (C=O) groups is 2. The number of nitrogens with one attached hydrogen (secondary N) is 2. The first-order valence-corrected chi connectivity index (χ1v) is 18.5. The van der Waals surface area contributed by atoms with Gasteiger partial charge in [-0.1, -0.05) is 84.9 Å². The zero-order chi connectivity index (χ0) is 37.7. The Labute approximate surface area is 317 Å². The topological polar surface area (TPSA) is 139 Å². The Hall–Kier alpha value is -5.39. The fourth-order valence-corrected chi connectivity index (χ4v) is 6.54. The molecule has 0 radical (unpaired) electrons. The summed E-state index contributed by atoms with van der Waals surface area (Å²) in [7, 11) is 2.11. The molecule has 4 aromatic carbocycles. The van der Waals surface area contributed by atoms with Gasteiger partial charge in [0, 0.05) is 62.8 Å². The number of anilines is 2. The Bertz CT molecular complexity index is 1960. The minimum Gasteiger partial charge on any atom is -0.397 e. The van der Waals surface area contributed by atoms with Crippen LogP contribution in [-0.4, -0.2) is 53.0 Å². The number of nitrogens with two attached hydrogens (primary N) is 1. The number of carbonyl (C=O) groups excluding carboxylic acids is 2. The quantitative estimate of drug-likeness (QED) is 0.0800. The third kappa shape index (κ3) is 11.1. The molecule has 54 heavy (non-hydrogen) atoms. The van der Waals surface area contributed by atoms with Gasteiger partial charge in [-0.2, -0.15) is 0 Å². The highest BCUT2D eigenvalue weighted by Crippen LogP contribution is 2.38. The molecule has 2 heterocycles. The standard InChI is InChI=1S/C44H49N5O5/c1-49(25-23-37-10-4-5-24-46-37)29-38-27-41(34-17-15-31(30-50)16-18-34)54-44(53-38)35-21-19-33(20-22-35)36-9-6-8-32(26-36)28-47-42(51)13-7-14-43(52)48-40-12-3-2-11-39(40)45/h2-6,8-12,15-22,24,26,38,41,44,50H,7,13-14,23,25,27-30,45H2,1H3,(H,47,51)(H,48,52)/t38-,41+,44+/m1/s1. The number of hydrogen-bond acceptors (Lipinski definition) is 8. The van der Waals surface area contributed by atoms with Crippen molar-refractivity contribution in [1.82, 2.24) is 15.2 Å². The summed E-state index contributed by atoms with van der Waals surface area (Å²) < 4.78 is 13.2. The van der Waals surface area contributed by atoms with Crippen LogP contribution in [0.25, 0.3) is 11.1 Å². The predicted octanol–water partition coefficient (Wildman–Crippen LogP) is 6.97. The second-order valence-corrected chi connectivity index (χ2v) is 13.8. The Balaban J connectivity index is 1.04. The van der Waals surface area contributed by atoms with Gasteiger partial charge >= 0.3 is 0 Å². The van der Waals surface area contributed by atoms with E-state index in [-0.39, 0.29) is 43.5 Å². The smallest absolute Gasteiger partial charge is 0.224 e. The highest BCUT2D eigenvalue weighted by molar-refractivity contribution is 5.94. The zero-order valence-corrected chi connectivity index (χ0v) is 30.7. The van der Waals surface area contributed by atoms with E-state index < -0.39 is 6.29 Å². The molecule has 10 heteroatoms. The summed E-state index contributed by atoms with van der Waals surface area (Å²) in [5, 5.41) is 15.3. The van der Waals surface area contributed by atoms with Crippen molar-refractivity contribution in [2.24, 2.45) is 0 Å². The van der Waals surface area contributed by atoms with Crippen LogP contribution in [0, 0.1) is 0 Å². The van der Waals surface area contributed by atoms with E-state index >= 15 is 0 Å². The normalized spacial score (nSPS) is 16.9. The third-order valence-corrected chi connectivity index (χ3v) is 9.58. The second-order valence-electron chi connectivity index (χ2n) is 13.8. The number of hydrogen-bond donors (Lipinski definition) is 4. The lowest BCUT2D eigenvalue weighted by molar-refractivity contribution is -0.252. The van der Waals surface area contributed by atoms with E-state index in [1.165, 1.54) is 0 Å². The summed E-state index contributed by atoms with van der Waals surface area (Å²) in [5.41, 5.74) is 13.9. The molecule has 1 aliphatic heterocycles. The molecule has 280 valence electrons. The van der Waals surface area contributed by atoms with Crippen molar-refractivity contribution < 1.29 is 24.2 Å². The summed E-state index contributed by atoms with van der Waals surface area (Å²) in [5.74, 6) is -0.279. The van der Waals surface area contributed by atoms with Crippen molar-refractivity contribution >= 4 is 23.2 Å². The fourth-order valence-electron chi connectivity index (χ4n) is 6.54. The number of ether oxygens (including phenoxy) is 2. The number of nitrogen functional groups attached to an aromatic ring is 1. The van der Waals surface area contributed by atoms with Gasteiger partial charge in [-0.15, -0.1) is 0 Å². The van der Waals surface area contributed by atoms with Gasteiger partial charge in [0.1, 0.15) is 0 Å². The monoisotopic (exact) mass is 727 g/mol. The van der Waals surface area contributed by atoms with Gasteiger partial charge in [-0.25, -0.2) is 0 Å². The van der Waals surface area contributed by atoms with E-state index in [0.717, 1.165) is 58.6 Å². The SMILES string of the molecule is CN(CCc1ccccn1)C[C@H]1C[C@@H](c2ccc(CO)cc2)O[C@@H](c2ccc(-c3cccc(CNC(=O)CCCC(=O)Nc4ccccc4N)c3)cc2)O1. The molecule has 5 aromatic rings. The summed E-state index contributed by atoms with van der Waals surface area (Å²) in [6.07, 6.45) is 3.55. The van der Waals surface area contributed by atoms with Crippen molar-refractivity contribution in [3.05, 3.63) is 149 Å². The molecule has 6 rings (SSSR count). The largest absolute Gasteiger partial charge is 0.397 e. The van der Waals surface area contributed by atoms with Crippen LogP contribution in [0.5, 0.6) is 0 Å². The van der Waals surface area contributed by atoms with Crippen molar-refractivity contribution in [3.63, 3.8) is 0 Å². The Morgan fingerprint density at radius 2 is 1.59 bits per heavy atom. The molecule has 3 atom stereocenters. The average molecular weight is 728 g/mol. The lowest BCUT2D eigenvalue weighted by Gasteiger charge is -2.38. The summed E-state index contributed by atoms with van der Waals surface area (Å²) in [6.45, 7) is 2.00. The van der Waals surface area contributed by atoms with Gasteiger partial charge in [0.05, 0.1) is 30.2 Å². The maximum absolute atomic E-state index is 12.6. The summed E-state index contributed by atoms with van der Waals surface area (Å²) in [6, 6.07) is 37.4. The molecule has 0 bridgehead atoms. The first-order valence-electron chi connectivity index (χ1n) is 18.5. The number of likely N-dealkylation sites (N-methyl/N-ethyl adjacent to an activating group) is 1. The molecule has 1 aromatic heterocycles. The number of amides is 2. The van der Waals surface area contributed by atoms with Crippen LogP contribution in [0.1, 0.15) is 66.0 Å². The van der Waals surface area contributed by atoms with Crippen molar-refractivity contribution in [1.29, 1.82) is 0 Å². The zero-order valence-electron chi connectivity index (χ0n) is 30.7. The van der Waals surface area contributed by atoms with Gasteiger partial charge in [-0.05, 0) is 71.6 Å². The molecular formula is C44H49N5O5. The van der Waals surface area contributed by atoms with E-state index in [1.807, 2.05) is 66.9 Å². The lowest BCUT2D eigenvalue weighted by Crippen LogP contribution is -2.38. The number of benzene rings is 4.